The summed E-state index contributed by atoms with van der Waals surface area (Å²) in [5.74, 6) is -0.472. The third kappa shape index (κ3) is 4.62. The van der Waals surface area contributed by atoms with Crippen molar-refractivity contribution >= 4 is 44.7 Å². The third-order valence-corrected chi connectivity index (χ3v) is 5.54. The van der Waals surface area contributed by atoms with Crippen molar-refractivity contribution in [3.8, 4) is 17.0 Å². The molecule has 0 bridgehead atoms. The summed E-state index contributed by atoms with van der Waals surface area (Å²) in [5, 5.41) is 4.90. The summed E-state index contributed by atoms with van der Waals surface area (Å²) in [4.78, 5) is 21.4. The predicted octanol–water partition coefficient (Wildman–Crippen LogP) is 6.05. The van der Waals surface area contributed by atoms with Gasteiger partial charge in [0.1, 0.15) is 11.2 Å². The van der Waals surface area contributed by atoms with Gasteiger partial charge in [-0.25, -0.2) is 9.97 Å². The molecule has 0 aliphatic heterocycles. The number of thiophene rings is 1. The van der Waals surface area contributed by atoms with Gasteiger partial charge in [-0.15, -0.1) is 11.3 Å². The number of hydrogen-bond acceptors (Lipinski definition) is 5. The summed E-state index contributed by atoms with van der Waals surface area (Å²) in [7, 11) is 0. The van der Waals surface area contributed by atoms with Crippen molar-refractivity contribution in [3.05, 3.63) is 70.8 Å². The van der Waals surface area contributed by atoms with Gasteiger partial charge in [0.2, 0.25) is 5.88 Å². The van der Waals surface area contributed by atoms with Crippen LogP contribution in [0, 0.1) is 0 Å². The quantitative estimate of drug-likeness (QED) is 0.391. The molecule has 2 aromatic carbocycles. The molecule has 4 aromatic rings. The Hall–Kier alpha value is -3.17. The van der Waals surface area contributed by atoms with Crippen LogP contribution >= 0.6 is 22.9 Å². The molecule has 4 rings (SSSR count). The van der Waals surface area contributed by atoms with Gasteiger partial charge in [0.05, 0.1) is 21.7 Å². The molecule has 0 atom stereocenters. The first-order valence-electron chi connectivity index (χ1n) is 8.90. The monoisotopic (exact) mass is 463 g/mol. The largest absolute Gasteiger partial charge is 0.467 e. The molecule has 0 fully saturated rings. The van der Waals surface area contributed by atoms with Crippen LogP contribution in [0.2, 0.25) is 5.02 Å². The first-order valence-corrected chi connectivity index (χ1v) is 10.2. The molecule has 2 heterocycles. The van der Waals surface area contributed by atoms with Crippen molar-refractivity contribution in [2.24, 2.45) is 0 Å². The number of carbonyl (C=O) groups excluding carboxylic acids is 1. The average molecular weight is 464 g/mol. The minimum Gasteiger partial charge on any atom is -0.467 e. The highest BCUT2D eigenvalue weighted by Gasteiger charge is 2.31. The van der Waals surface area contributed by atoms with Crippen molar-refractivity contribution in [1.29, 1.82) is 0 Å². The Labute approximate surface area is 183 Å². The first kappa shape index (κ1) is 21.1. The molecule has 0 aliphatic rings. The van der Waals surface area contributed by atoms with E-state index in [9.17, 15) is 18.0 Å². The average Bonchev–Trinajstić information content (AvgIpc) is 3.18. The second-order valence-corrected chi connectivity index (χ2v) is 7.67. The van der Waals surface area contributed by atoms with E-state index >= 15 is 0 Å². The van der Waals surface area contributed by atoms with E-state index in [1.54, 1.807) is 0 Å². The number of rotatable bonds is 5. The molecule has 0 saturated heterocycles. The van der Waals surface area contributed by atoms with Gasteiger partial charge in [0.25, 0.3) is 5.91 Å². The first-order chi connectivity index (χ1) is 14.8. The lowest BCUT2D eigenvalue weighted by Gasteiger charge is -2.12. The number of nitrogens with zero attached hydrogens (tertiary/aromatic N) is 2. The number of anilines is 1. The Morgan fingerprint density at radius 2 is 1.90 bits per heavy atom. The Balaban J connectivity index is 1.54. The maximum atomic E-state index is 12.9. The number of hydrogen-bond donors (Lipinski definition) is 1. The zero-order valence-corrected chi connectivity index (χ0v) is 17.2. The van der Waals surface area contributed by atoms with E-state index in [1.807, 2.05) is 35.7 Å². The lowest BCUT2D eigenvalue weighted by Crippen LogP contribution is -2.21. The molecule has 5 nitrogen and oxygen atoms in total. The van der Waals surface area contributed by atoms with Crippen molar-refractivity contribution in [2.75, 3.05) is 11.9 Å². The number of halogens is 4. The van der Waals surface area contributed by atoms with E-state index < -0.39 is 24.3 Å². The van der Waals surface area contributed by atoms with E-state index in [2.05, 4.69) is 15.3 Å². The summed E-state index contributed by atoms with van der Waals surface area (Å²) >= 11 is 7.33. The summed E-state index contributed by atoms with van der Waals surface area (Å²) in [6.07, 6.45) is -3.23. The summed E-state index contributed by atoms with van der Waals surface area (Å²) in [6.45, 7) is -0.469. The molecule has 1 N–H and O–H groups in total. The van der Waals surface area contributed by atoms with Crippen LogP contribution in [0.5, 0.6) is 5.88 Å². The minimum absolute atomic E-state index is 0.0185. The minimum atomic E-state index is -4.56. The van der Waals surface area contributed by atoms with Crippen molar-refractivity contribution in [1.82, 2.24) is 9.97 Å². The van der Waals surface area contributed by atoms with E-state index in [1.165, 1.54) is 17.7 Å². The fraction of sp³-hybridized carbons (Fsp3) is 0.0952. The molecule has 0 unspecified atom stereocenters. The van der Waals surface area contributed by atoms with Crippen molar-refractivity contribution in [2.45, 2.75) is 6.18 Å². The van der Waals surface area contributed by atoms with Gasteiger partial charge in [-0.2, -0.15) is 13.2 Å². The Morgan fingerprint density at radius 3 is 2.65 bits per heavy atom. The fourth-order valence-corrected chi connectivity index (χ4v) is 3.98. The molecule has 2 aromatic heterocycles. The highest BCUT2D eigenvalue weighted by molar-refractivity contribution is 7.17. The number of benzene rings is 2. The maximum Gasteiger partial charge on any atom is 0.416 e. The Kier molecular flexibility index (Phi) is 5.79. The number of nitrogens with one attached hydrogen (secondary N) is 1. The lowest BCUT2D eigenvalue weighted by atomic mass is 10.1. The summed E-state index contributed by atoms with van der Waals surface area (Å²) in [5.41, 5.74) is 0.723. The van der Waals surface area contributed by atoms with Gasteiger partial charge >= 0.3 is 6.18 Å². The normalized spacial score (nSPS) is 11.5. The van der Waals surface area contributed by atoms with Gasteiger partial charge in [0.15, 0.2) is 6.61 Å². The van der Waals surface area contributed by atoms with E-state index in [4.69, 9.17) is 16.3 Å². The van der Waals surface area contributed by atoms with E-state index in [0.29, 0.717) is 10.2 Å². The standard InChI is InChI=1S/C21H13ClF3N3O2S/c22-15-7-6-13(21(23,24)25)8-16(15)28-17(29)9-30-19-18-14(12-4-2-1-3-5-12)10-31-20(18)27-11-26-19/h1-8,10-11H,9H2,(H,28,29). The second kappa shape index (κ2) is 8.52. The number of carbonyl (C=O) groups is 1. The van der Waals surface area contributed by atoms with Gasteiger partial charge in [-0.1, -0.05) is 41.9 Å². The molecule has 0 aliphatic carbocycles. The summed E-state index contributed by atoms with van der Waals surface area (Å²) < 4.78 is 44.3. The van der Waals surface area contributed by atoms with Crippen molar-refractivity contribution < 1.29 is 22.7 Å². The SMILES string of the molecule is O=C(COc1ncnc2scc(-c3ccccc3)c12)Nc1cc(C(F)(F)F)ccc1Cl. The number of alkyl halides is 3. The zero-order chi connectivity index (χ0) is 22.0. The molecular formula is C21H13ClF3N3O2S. The molecular weight excluding hydrogens is 451 g/mol. The van der Waals surface area contributed by atoms with Crippen LogP contribution in [0.25, 0.3) is 21.3 Å². The van der Waals surface area contributed by atoms with E-state index in [-0.39, 0.29) is 16.6 Å². The number of fused-ring (bicyclic) bond motifs is 1. The number of amides is 1. The maximum absolute atomic E-state index is 12.9. The van der Waals surface area contributed by atoms with Crippen LogP contribution in [0.3, 0.4) is 0 Å². The van der Waals surface area contributed by atoms with Gasteiger partial charge < -0.3 is 10.1 Å². The Morgan fingerprint density at radius 1 is 1.13 bits per heavy atom. The highest BCUT2D eigenvalue weighted by atomic mass is 35.5. The lowest BCUT2D eigenvalue weighted by molar-refractivity contribution is -0.137. The van der Waals surface area contributed by atoms with E-state index in [0.717, 1.165) is 29.3 Å². The molecule has 1 amide bonds. The van der Waals surface area contributed by atoms with Gasteiger partial charge in [-0.3, -0.25) is 4.79 Å². The molecule has 10 heteroatoms. The van der Waals surface area contributed by atoms with Crippen molar-refractivity contribution in [3.63, 3.8) is 0 Å². The zero-order valence-electron chi connectivity index (χ0n) is 15.6. The molecule has 0 saturated carbocycles. The predicted molar refractivity (Wildman–Crippen MR) is 113 cm³/mol. The molecule has 158 valence electrons. The fourth-order valence-electron chi connectivity index (χ4n) is 2.90. The molecule has 0 spiro atoms. The van der Waals surface area contributed by atoms with Crippen LogP contribution in [-0.2, 0) is 11.0 Å². The van der Waals surface area contributed by atoms with Gasteiger partial charge in [0, 0.05) is 10.9 Å². The number of ether oxygens (including phenoxy) is 1. The van der Waals surface area contributed by atoms with Crippen LogP contribution < -0.4 is 10.1 Å². The molecule has 31 heavy (non-hydrogen) atoms. The van der Waals surface area contributed by atoms with Crippen LogP contribution in [0.4, 0.5) is 18.9 Å². The second-order valence-electron chi connectivity index (χ2n) is 6.40. The highest BCUT2D eigenvalue weighted by Crippen LogP contribution is 2.37. The Bertz CT molecular complexity index is 1250. The van der Waals surface area contributed by atoms with Crippen LogP contribution in [0.15, 0.2) is 60.2 Å². The number of aromatic nitrogens is 2. The smallest absolute Gasteiger partial charge is 0.416 e. The van der Waals surface area contributed by atoms with Crippen LogP contribution in [-0.4, -0.2) is 22.5 Å². The third-order valence-electron chi connectivity index (χ3n) is 4.33. The van der Waals surface area contributed by atoms with Crippen LogP contribution in [0.1, 0.15) is 5.56 Å². The van der Waals surface area contributed by atoms with Gasteiger partial charge in [-0.05, 0) is 23.8 Å². The topological polar surface area (TPSA) is 64.1 Å². The molecule has 0 radical (unpaired) electrons. The summed E-state index contributed by atoms with van der Waals surface area (Å²) in [6, 6.07) is 12.2.